The average molecular weight is 396 g/mol. The summed E-state index contributed by atoms with van der Waals surface area (Å²) in [5.41, 5.74) is 2.99. The Kier molecular flexibility index (Phi) is 8.01. The Morgan fingerprint density at radius 1 is 0.571 bits per heavy atom. The normalized spacial score (nSPS) is 11.4. The summed E-state index contributed by atoms with van der Waals surface area (Å²) in [6.07, 6.45) is 0.208. The van der Waals surface area contributed by atoms with Gasteiger partial charge in [-0.05, 0) is 16.7 Å². The molecule has 0 bridgehead atoms. The third-order valence-corrected chi connectivity index (χ3v) is 5.94. The minimum Gasteiger partial charge on any atom is -0.376 e. The number of benzene rings is 3. The van der Waals surface area contributed by atoms with Crippen LogP contribution in [0.25, 0.3) is 0 Å². The van der Waals surface area contributed by atoms with Crippen molar-refractivity contribution in [2.45, 2.75) is 19.8 Å². The van der Waals surface area contributed by atoms with Crippen molar-refractivity contribution in [3.8, 4) is 0 Å². The van der Waals surface area contributed by atoms with Crippen LogP contribution in [0.15, 0.2) is 91.0 Å². The molecule has 0 spiro atoms. The summed E-state index contributed by atoms with van der Waals surface area (Å²) < 4.78 is 30.4. The van der Waals surface area contributed by atoms with E-state index in [4.69, 9.17) is 13.8 Å². The van der Waals surface area contributed by atoms with Crippen LogP contribution in [0.4, 0.5) is 0 Å². The van der Waals surface area contributed by atoms with Crippen LogP contribution in [0, 0.1) is 0 Å². The van der Waals surface area contributed by atoms with Gasteiger partial charge in [-0.15, -0.1) is 0 Å². The highest BCUT2D eigenvalue weighted by Crippen LogP contribution is 2.49. The molecule has 0 fully saturated rings. The fraction of sp³-hybridized carbons (Fsp3) is 0.217. The number of ether oxygens (including phenoxy) is 1. The Morgan fingerprint density at radius 2 is 0.964 bits per heavy atom. The molecule has 0 atom stereocenters. The van der Waals surface area contributed by atoms with Crippen LogP contribution in [0.2, 0.25) is 0 Å². The fourth-order valence-corrected chi connectivity index (χ4v) is 3.98. The number of hydrogen-bond donors (Lipinski definition) is 0. The molecule has 0 aromatic heterocycles. The zero-order chi connectivity index (χ0) is 19.5. The molecule has 4 nitrogen and oxygen atoms in total. The van der Waals surface area contributed by atoms with Crippen LogP contribution in [-0.4, -0.2) is 12.8 Å². The van der Waals surface area contributed by atoms with Gasteiger partial charge in [-0.3, -0.25) is 4.57 Å². The third-order valence-electron chi connectivity index (χ3n) is 4.16. The molecule has 5 heteroatoms. The first-order valence-corrected chi connectivity index (χ1v) is 11.0. The first-order chi connectivity index (χ1) is 13.7. The summed E-state index contributed by atoms with van der Waals surface area (Å²) in [4.78, 5) is 0. The maximum absolute atomic E-state index is 13.2. The van der Waals surface area contributed by atoms with E-state index in [1.165, 1.54) is 0 Å². The minimum atomic E-state index is -3.30. The molecule has 3 aromatic rings. The van der Waals surface area contributed by atoms with Crippen LogP contribution in [-0.2, 0) is 38.2 Å². The van der Waals surface area contributed by atoms with Crippen molar-refractivity contribution >= 4 is 7.60 Å². The van der Waals surface area contributed by atoms with Crippen molar-refractivity contribution in [3.05, 3.63) is 108 Å². The summed E-state index contributed by atoms with van der Waals surface area (Å²) in [6, 6.07) is 29.2. The minimum absolute atomic E-state index is 0.208. The van der Waals surface area contributed by atoms with E-state index in [0.717, 1.165) is 16.7 Å². The maximum atomic E-state index is 13.2. The first kappa shape index (κ1) is 20.5. The molecule has 0 radical (unpaired) electrons. The van der Waals surface area contributed by atoms with Crippen molar-refractivity contribution in [1.82, 2.24) is 0 Å². The van der Waals surface area contributed by atoms with Gasteiger partial charge in [-0.2, -0.15) is 0 Å². The van der Waals surface area contributed by atoms with E-state index in [9.17, 15) is 4.57 Å². The van der Waals surface area contributed by atoms with Gasteiger partial charge in [0.05, 0.1) is 32.6 Å². The Morgan fingerprint density at radius 3 is 1.39 bits per heavy atom. The summed E-state index contributed by atoms with van der Waals surface area (Å²) in [7, 11) is -3.30. The topological polar surface area (TPSA) is 44.8 Å². The van der Waals surface area contributed by atoms with Crippen molar-refractivity contribution in [2.75, 3.05) is 12.8 Å². The van der Waals surface area contributed by atoms with Crippen molar-refractivity contribution in [1.29, 1.82) is 0 Å². The van der Waals surface area contributed by atoms with Gasteiger partial charge >= 0.3 is 7.60 Å². The molecule has 0 heterocycles. The van der Waals surface area contributed by atoms with Gasteiger partial charge in [0.2, 0.25) is 0 Å². The molecule has 0 saturated heterocycles. The molecule has 0 aliphatic carbocycles. The molecule has 3 aromatic carbocycles. The molecule has 0 N–H and O–H groups in total. The lowest BCUT2D eigenvalue weighted by Gasteiger charge is -2.19. The molecule has 0 amide bonds. The van der Waals surface area contributed by atoms with Crippen molar-refractivity contribution in [2.24, 2.45) is 0 Å². The van der Waals surface area contributed by atoms with Crippen LogP contribution >= 0.6 is 7.60 Å². The summed E-state index contributed by atoms with van der Waals surface area (Å²) in [5.74, 6) is 0. The standard InChI is InChI=1S/C23H25O4P/c24-28(26-19-22-12-6-2-7-13-22,27-20-23-14-8-3-9-15-23)17-16-25-18-21-10-4-1-5-11-21/h1-15H,16-20H2. The Balaban J connectivity index is 1.55. The van der Waals surface area contributed by atoms with E-state index < -0.39 is 7.60 Å². The van der Waals surface area contributed by atoms with Gasteiger partial charge in [0.1, 0.15) is 0 Å². The van der Waals surface area contributed by atoms with Gasteiger partial charge in [-0.25, -0.2) is 0 Å². The maximum Gasteiger partial charge on any atom is 0.333 e. The second-order valence-electron chi connectivity index (χ2n) is 6.39. The van der Waals surface area contributed by atoms with Gasteiger partial charge in [0, 0.05) is 0 Å². The molecule has 0 aliphatic rings. The second-order valence-corrected chi connectivity index (χ2v) is 8.58. The SMILES string of the molecule is O=P(CCOCc1ccccc1)(OCc1ccccc1)OCc1ccccc1. The van der Waals surface area contributed by atoms with E-state index in [-0.39, 0.29) is 19.4 Å². The zero-order valence-corrected chi connectivity index (χ0v) is 16.7. The highest BCUT2D eigenvalue weighted by atomic mass is 31.2. The van der Waals surface area contributed by atoms with Gasteiger partial charge in [-0.1, -0.05) is 91.0 Å². The number of rotatable bonds is 11. The monoisotopic (exact) mass is 396 g/mol. The predicted octanol–water partition coefficient (Wildman–Crippen LogP) is 5.83. The van der Waals surface area contributed by atoms with E-state index in [2.05, 4.69) is 0 Å². The molecule has 0 aliphatic heterocycles. The Labute approximate surface area is 166 Å². The van der Waals surface area contributed by atoms with E-state index in [0.29, 0.717) is 13.2 Å². The molecule has 0 unspecified atom stereocenters. The summed E-state index contributed by atoms with van der Waals surface area (Å²) in [6.45, 7) is 1.26. The summed E-state index contributed by atoms with van der Waals surface area (Å²) in [5, 5.41) is 0. The van der Waals surface area contributed by atoms with E-state index >= 15 is 0 Å². The smallest absolute Gasteiger partial charge is 0.333 e. The largest absolute Gasteiger partial charge is 0.376 e. The molecular formula is C23H25O4P. The van der Waals surface area contributed by atoms with Gasteiger partial charge in [0.15, 0.2) is 0 Å². The van der Waals surface area contributed by atoms with Crippen molar-refractivity contribution in [3.63, 3.8) is 0 Å². The van der Waals surface area contributed by atoms with Crippen LogP contribution < -0.4 is 0 Å². The molecule has 146 valence electrons. The number of hydrogen-bond acceptors (Lipinski definition) is 4. The second kappa shape index (κ2) is 10.9. The van der Waals surface area contributed by atoms with Crippen molar-refractivity contribution < 1.29 is 18.3 Å². The van der Waals surface area contributed by atoms with E-state index in [1.54, 1.807) is 0 Å². The van der Waals surface area contributed by atoms with E-state index in [1.807, 2.05) is 91.0 Å². The highest BCUT2D eigenvalue weighted by Gasteiger charge is 2.25. The Bertz CT molecular complexity index is 806. The quantitative estimate of drug-likeness (QED) is 0.302. The third kappa shape index (κ3) is 7.06. The molecular weight excluding hydrogens is 371 g/mol. The van der Waals surface area contributed by atoms with Gasteiger partial charge in [0.25, 0.3) is 0 Å². The highest BCUT2D eigenvalue weighted by molar-refractivity contribution is 7.53. The Hall–Kier alpha value is -2.23. The lowest BCUT2D eigenvalue weighted by atomic mass is 10.2. The lowest BCUT2D eigenvalue weighted by molar-refractivity contribution is 0.124. The van der Waals surface area contributed by atoms with Crippen LogP contribution in [0.3, 0.4) is 0 Å². The zero-order valence-electron chi connectivity index (χ0n) is 15.8. The molecule has 0 saturated carbocycles. The molecule has 3 rings (SSSR count). The fourth-order valence-electron chi connectivity index (χ4n) is 2.60. The van der Waals surface area contributed by atoms with Gasteiger partial charge < -0.3 is 13.8 Å². The van der Waals surface area contributed by atoms with Crippen LogP contribution in [0.5, 0.6) is 0 Å². The molecule has 28 heavy (non-hydrogen) atoms. The summed E-state index contributed by atoms with van der Waals surface area (Å²) >= 11 is 0. The first-order valence-electron chi connectivity index (χ1n) is 9.31. The predicted molar refractivity (Wildman–Crippen MR) is 111 cm³/mol. The lowest BCUT2D eigenvalue weighted by Crippen LogP contribution is -2.07. The average Bonchev–Trinajstić information content (AvgIpc) is 2.76. The van der Waals surface area contributed by atoms with Crippen LogP contribution in [0.1, 0.15) is 16.7 Å².